The molecule has 4 heteroatoms. The Morgan fingerprint density at radius 1 is 1.25 bits per heavy atom. The monoisotopic (exact) mass is 275 g/mol. The van der Waals surface area contributed by atoms with Gasteiger partial charge in [-0.2, -0.15) is 0 Å². The Bertz CT molecular complexity index is 443. The first kappa shape index (κ1) is 14.9. The molecule has 20 heavy (non-hydrogen) atoms. The minimum absolute atomic E-state index is 0.0691. The number of nitrogens with zero attached hydrogens (tertiary/aromatic N) is 1. The molecule has 110 valence electrons. The number of nitrogens with two attached hydrogens (primary N) is 1. The molecular formula is C16H25N3O. The highest BCUT2D eigenvalue weighted by Crippen LogP contribution is 2.29. The fraction of sp³-hybridized carbons (Fsp3) is 0.562. The van der Waals surface area contributed by atoms with Gasteiger partial charge >= 0.3 is 0 Å². The summed E-state index contributed by atoms with van der Waals surface area (Å²) in [6, 6.07) is 7.25. The molecule has 1 fully saturated rings. The van der Waals surface area contributed by atoms with Gasteiger partial charge in [-0.3, -0.25) is 4.79 Å². The normalized spacial score (nSPS) is 18.7. The van der Waals surface area contributed by atoms with E-state index in [1.807, 2.05) is 12.1 Å². The lowest BCUT2D eigenvalue weighted by Crippen LogP contribution is -2.38. The molecule has 1 aromatic carbocycles. The molecule has 4 nitrogen and oxygen atoms in total. The van der Waals surface area contributed by atoms with E-state index in [1.54, 1.807) is 12.1 Å². The maximum absolute atomic E-state index is 11.9. The Balaban J connectivity index is 1.72. The highest BCUT2D eigenvalue weighted by molar-refractivity contribution is 5.90. The van der Waals surface area contributed by atoms with Crippen molar-refractivity contribution in [3.05, 3.63) is 24.3 Å². The fourth-order valence-corrected chi connectivity index (χ4v) is 2.43. The number of likely N-dealkylation sites (tertiary alicyclic amines) is 1. The number of amides is 1. The minimum Gasteiger partial charge on any atom is -0.399 e. The fourth-order valence-electron chi connectivity index (χ4n) is 2.43. The predicted molar refractivity (Wildman–Crippen MR) is 83.6 cm³/mol. The molecule has 1 amide bonds. The van der Waals surface area contributed by atoms with Crippen molar-refractivity contribution in [2.24, 2.45) is 5.41 Å². The van der Waals surface area contributed by atoms with Gasteiger partial charge in [0.15, 0.2) is 0 Å². The van der Waals surface area contributed by atoms with Crippen LogP contribution < -0.4 is 11.1 Å². The zero-order valence-corrected chi connectivity index (χ0v) is 12.5. The third-order valence-corrected chi connectivity index (χ3v) is 4.06. The zero-order chi connectivity index (χ0) is 14.6. The summed E-state index contributed by atoms with van der Waals surface area (Å²) in [4.78, 5) is 14.3. The van der Waals surface area contributed by atoms with Gasteiger partial charge in [0.1, 0.15) is 0 Å². The number of nitrogen functional groups attached to an aromatic ring is 1. The molecule has 0 bridgehead atoms. The number of piperidine rings is 1. The van der Waals surface area contributed by atoms with E-state index in [2.05, 4.69) is 24.1 Å². The number of rotatable bonds is 4. The molecule has 0 atom stereocenters. The smallest absolute Gasteiger partial charge is 0.225 e. The second kappa shape index (κ2) is 6.27. The van der Waals surface area contributed by atoms with Crippen molar-refractivity contribution >= 4 is 17.3 Å². The Hall–Kier alpha value is -1.55. The maximum Gasteiger partial charge on any atom is 0.225 e. The lowest BCUT2D eigenvalue weighted by molar-refractivity contribution is -0.116. The molecule has 0 unspecified atom stereocenters. The van der Waals surface area contributed by atoms with Crippen LogP contribution in [0.25, 0.3) is 0 Å². The number of hydrogen-bond acceptors (Lipinski definition) is 3. The van der Waals surface area contributed by atoms with Gasteiger partial charge in [-0.15, -0.1) is 0 Å². The second-order valence-electron chi connectivity index (χ2n) is 6.43. The van der Waals surface area contributed by atoms with Gasteiger partial charge in [0.2, 0.25) is 5.91 Å². The van der Waals surface area contributed by atoms with Gasteiger partial charge in [0, 0.05) is 24.3 Å². The Kier molecular flexibility index (Phi) is 4.65. The van der Waals surface area contributed by atoms with Crippen LogP contribution in [-0.2, 0) is 4.79 Å². The van der Waals surface area contributed by atoms with E-state index < -0.39 is 0 Å². The molecule has 1 heterocycles. The number of hydrogen-bond donors (Lipinski definition) is 2. The average Bonchev–Trinajstić information content (AvgIpc) is 2.40. The van der Waals surface area contributed by atoms with E-state index in [0.717, 1.165) is 25.3 Å². The van der Waals surface area contributed by atoms with E-state index >= 15 is 0 Å². The van der Waals surface area contributed by atoms with Crippen LogP contribution in [0.5, 0.6) is 0 Å². The quantitative estimate of drug-likeness (QED) is 0.831. The third kappa shape index (κ3) is 4.53. The summed E-state index contributed by atoms with van der Waals surface area (Å²) in [5, 5.41) is 2.90. The standard InChI is InChI=1S/C16H25N3O/c1-16(2)8-11-19(12-9-16)10-7-15(20)18-14-5-3-13(17)4-6-14/h3-6H,7-12,17H2,1-2H3,(H,18,20). The van der Waals surface area contributed by atoms with Crippen molar-refractivity contribution in [2.45, 2.75) is 33.1 Å². The molecule has 1 aliphatic rings. The molecule has 0 aromatic heterocycles. The van der Waals surface area contributed by atoms with Crippen LogP contribution in [0.2, 0.25) is 0 Å². The average molecular weight is 275 g/mol. The van der Waals surface area contributed by atoms with Gasteiger partial charge < -0.3 is 16.0 Å². The van der Waals surface area contributed by atoms with Crippen LogP contribution in [0.1, 0.15) is 33.1 Å². The van der Waals surface area contributed by atoms with Crippen LogP contribution in [-0.4, -0.2) is 30.4 Å². The van der Waals surface area contributed by atoms with Crippen molar-refractivity contribution < 1.29 is 4.79 Å². The highest BCUT2D eigenvalue weighted by Gasteiger charge is 2.25. The molecule has 1 aromatic rings. The molecule has 1 saturated heterocycles. The molecule has 0 radical (unpaired) electrons. The summed E-state index contributed by atoms with van der Waals surface area (Å²) in [5.74, 6) is 0.0691. The van der Waals surface area contributed by atoms with Crippen LogP contribution in [0, 0.1) is 5.41 Å². The SMILES string of the molecule is CC1(C)CCN(CCC(=O)Nc2ccc(N)cc2)CC1. The van der Waals surface area contributed by atoms with Gasteiger partial charge in [-0.05, 0) is 55.6 Å². The van der Waals surface area contributed by atoms with Crippen LogP contribution in [0.15, 0.2) is 24.3 Å². The Morgan fingerprint density at radius 2 is 1.85 bits per heavy atom. The van der Waals surface area contributed by atoms with Gasteiger partial charge in [0.25, 0.3) is 0 Å². The van der Waals surface area contributed by atoms with E-state index in [-0.39, 0.29) is 5.91 Å². The number of benzene rings is 1. The largest absolute Gasteiger partial charge is 0.399 e. The zero-order valence-electron chi connectivity index (χ0n) is 12.5. The first-order valence-electron chi connectivity index (χ1n) is 7.32. The van der Waals surface area contributed by atoms with Crippen molar-refractivity contribution in [2.75, 3.05) is 30.7 Å². The van der Waals surface area contributed by atoms with Gasteiger partial charge in [0.05, 0.1) is 0 Å². The van der Waals surface area contributed by atoms with Crippen molar-refractivity contribution in [3.63, 3.8) is 0 Å². The highest BCUT2D eigenvalue weighted by atomic mass is 16.1. The number of carbonyl (C=O) groups is 1. The van der Waals surface area contributed by atoms with Crippen molar-refractivity contribution in [1.82, 2.24) is 4.90 Å². The van der Waals surface area contributed by atoms with Crippen LogP contribution in [0.3, 0.4) is 0 Å². The number of anilines is 2. The molecule has 3 N–H and O–H groups in total. The van der Waals surface area contributed by atoms with Crippen molar-refractivity contribution in [3.8, 4) is 0 Å². The Labute approximate surface area is 121 Å². The van der Waals surface area contributed by atoms with Gasteiger partial charge in [-0.25, -0.2) is 0 Å². The van der Waals surface area contributed by atoms with E-state index in [4.69, 9.17) is 5.73 Å². The summed E-state index contributed by atoms with van der Waals surface area (Å²) in [7, 11) is 0. The van der Waals surface area contributed by atoms with Crippen LogP contribution >= 0.6 is 0 Å². The summed E-state index contributed by atoms with van der Waals surface area (Å²) in [5.41, 5.74) is 7.59. The summed E-state index contributed by atoms with van der Waals surface area (Å²) < 4.78 is 0. The second-order valence-corrected chi connectivity index (χ2v) is 6.43. The molecule has 2 rings (SSSR count). The van der Waals surface area contributed by atoms with E-state index in [9.17, 15) is 4.79 Å². The first-order chi connectivity index (χ1) is 9.44. The summed E-state index contributed by atoms with van der Waals surface area (Å²) >= 11 is 0. The third-order valence-electron chi connectivity index (χ3n) is 4.06. The first-order valence-corrected chi connectivity index (χ1v) is 7.32. The summed E-state index contributed by atoms with van der Waals surface area (Å²) in [6.07, 6.45) is 2.98. The lowest BCUT2D eigenvalue weighted by atomic mass is 9.83. The molecule has 0 aliphatic carbocycles. The lowest BCUT2D eigenvalue weighted by Gasteiger charge is -2.36. The molecule has 0 saturated carbocycles. The topological polar surface area (TPSA) is 58.4 Å². The number of carbonyl (C=O) groups excluding carboxylic acids is 1. The Morgan fingerprint density at radius 3 is 2.45 bits per heavy atom. The van der Waals surface area contributed by atoms with Gasteiger partial charge in [-0.1, -0.05) is 13.8 Å². The predicted octanol–water partition coefficient (Wildman–Crippen LogP) is 2.72. The van der Waals surface area contributed by atoms with E-state index in [1.165, 1.54) is 12.8 Å². The molecule has 0 spiro atoms. The molecule has 1 aliphatic heterocycles. The van der Waals surface area contributed by atoms with Crippen molar-refractivity contribution in [1.29, 1.82) is 0 Å². The number of nitrogens with one attached hydrogen (secondary N) is 1. The molecular weight excluding hydrogens is 250 g/mol. The van der Waals surface area contributed by atoms with E-state index in [0.29, 0.717) is 17.5 Å². The maximum atomic E-state index is 11.9. The minimum atomic E-state index is 0.0691. The van der Waals surface area contributed by atoms with Crippen LogP contribution in [0.4, 0.5) is 11.4 Å². The summed E-state index contributed by atoms with van der Waals surface area (Å²) in [6.45, 7) is 7.68.